The molecule has 7 rings (SSSR count). The highest BCUT2D eigenvalue weighted by Crippen LogP contribution is 2.52. The number of aromatic nitrogens is 2. The van der Waals surface area contributed by atoms with Crippen LogP contribution < -0.4 is 24.8 Å². The molecule has 1 aromatic carbocycles. The highest BCUT2D eigenvalue weighted by Gasteiger charge is 2.61. The van der Waals surface area contributed by atoms with E-state index in [2.05, 4.69) is 15.6 Å². The molecular weight excluding hydrogens is 773 g/mol. The molecule has 55 heavy (non-hydrogen) atoms. The summed E-state index contributed by atoms with van der Waals surface area (Å²) in [5, 5.41) is 16.8. The molecule has 3 heterocycles. The van der Waals surface area contributed by atoms with Gasteiger partial charge in [0, 0.05) is 17.9 Å². The van der Waals surface area contributed by atoms with Gasteiger partial charge < -0.3 is 39.6 Å². The Morgan fingerprint density at radius 2 is 1.76 bits per heavy atom. The van der Waals surface area contributed by atoms with E-state index in [0.717, 1.165) is 24.2 Å². The van der Waals surface area contributed by atoms with E-state index in [4.69, 9.17) is 47.1 Å². The van der Waals surface area contributed by atoms with Gasteiger partial charge in [0.15, 0.2) is 0 Å². The number of halogens is 2. The summed E-state index contributed by atoms with van der Waals surface area (Å²) in [6.45, 7) is 7.26. The van der Waals surface area contributed by atoms with E-state index in [9.17, 15) is 24.3 Å². The number of alkyl carbamates (subject to hydrolysis) is 1. The zero-order valence-corrected chi connectivity index (χ0v) is 33.8. The number of carboxylic acid groups (broad SMARTS) is 1. The first-order chi connectivity index (χ1) is 26.1. The van der Waals surface area contributed by atoms with Gasteiger partial charge in [0.2, 0.25) is 11.8 Å². The third-order valence-electron chi connectivity index (χ3n) is 11.4. The first kappa shape index (κ1) is 39.2. The lowest BCUT2D eigenvalue weighted by molar-refractivity contribution is -0.146. The molecular formula is C38H45Cl2N5O9S. The molecule has 3 aliphatic carbocycles. The summed E-state index contributed by atoms with van der Waals surface area (Å²) >= 11 is 14.5. The van der Waals surface area contributed by atoms with Gasteiger partial charge >= 0.3 is 12.1 Å². The number of likely N-dealkylation sites (tertiary alicyclic amines) is 1. The lowest BCUT2D eigenvalue weighted by Gasteiger charge is -2.35. The average molecular weight is 819 g/mol. The molecule has 14 nitrogen and oxygen atoms in total. The second kappa shape index (κ2) is 14.8. The molecule has 3 saturated carbocycles. The van der Waals surface area contributed by atoms with Crippen LogP contribution in [0.2, 0.25) is 9.36 Å². The van der Waals surface area contributed by atoms with Gasteiger partial charge in [0.1, 0.15) is 56.4 Å². The zero-order valence-electron chi connectivity index (χ0n) is 31.4. The van der Waals surface area contributed by atoms with Crippen LogP contribution in [0.3, 0.4) is 0 Å². The van der Waals surface area contributed by atoms with E-state index in [1.165, 1.54) is 25.5 Å². The van der Waals surface area contributed by atoms with Gasteiger partial charge in [-0.25, -0.2) is 14.6 Å². The number of nitrogens with one attached hydrogen (secondary N) is 2. The molecule has 1 aliphatic heterocycles. The van der Waals surface area contributed by atoms with Crippen LogP contribution in [0.5, 0.6) is 16.7 Å². The summed E-state index contributed by atoms with van der Waals surface area (Å²) in [7, 11) is 2.97. The number of ether oxygens (including phenoxy) is 4. The van der Waals surface area contributed by atoms with Crippen LogP contribution in [-0.4, -0.2) is 94.4 Å². The number of thiazole rings is 1. The number of rotatable bonds is 12. The summed E-state index contributed by atoms with van der Waals surface area (Å²) in [5.41, 5.74) is -1.20. The zero-order chi connectivity index (χ0) is 39.6. The first-order valence-electron chi connectivity index (χ1n) is 18.4. The Morgan fingerprint density at radius 1 is 1.04 bits per heavy atom. The largest absolute Gasteiger partial charge is 0.495 e. The topological polar surface area (TPSA) is 179 Å². The first-order valence-corrected chi connectivity index (χ1v) is 20.0. The molecule has 1 saturated heterocycles. The van der Waals surface area contributed by atoms with Crippen LogP contribution >= 0.6 is 34.5 Å². The number of methoxy groups -OCH3 is 2. The van der Waals surface area contributed by atoms with E-state index in [1.807, 2.05) is 27.7 Å². The predicted molar refractivity (Wildman–Crippen MR) is 205 cm³/mol. The summed E-state index contributed by atoms with van der Waals surface area (Å²) in [5.74, 6) is -0.615. The molecule has 3 aromatic rings. The van der Waals surface area contributed by atoms with Crippen LogP contribution in [0, 0.1) is 23.2 Å². The normalized spacial score (nSPS) is 27.2. The number of pyridine rings is 1. The lowest BCUT2D eigenvalue weighted by Crippen LogP contribution is -2.59. The van der Waals surface area contributed by atoms with Crippen LogP contribution in [0.1, 0.15) is 66.2 Å². The maximum absolute atomic E-state index is 14.6. The van der Waals surface area contributed by atoms with Gasteiger partial charge in [-0.2, -0.15) is 4.98 Å². The van der Waals surface area contributed by atoms with E-state index in [1.54, 1.807) is 18.2 Å². The Bertz CT molecular complexity index is 2030. The van der Waals surface area contributed by atoms with Gasteiger partial charge in [0.05, 0.1) is 32.0 Å². The van der Waals surface area contributed by atoms with E-state index in [0.29, 0.717) is 61.6 Å². The van der Waals surface area contributed by atoms with Crippen molar-refractivity contribution in [1.29, 1.82) is 0 Å². The molecule has 3 N–H and O–H groups in total. The number of benzene rings is 1. The fourth-order valence-corrected chi connectivity index (χ4v) is 9.38. The van der Waals surface area contributed by atoms with Crippen molar-refractivity contribution < 1.29 is 43.2 Å². The van der Waals surface area contributed by atoms with Crippen molar-refractivity contribution in [2.45, 2.75) is 96.1 Å². The Kier molecular flexibility index (Phi) is 10.5. The van der Waals surface area contributed by atoms with Crippen LogP contribution in [-0.2, 0) is 19.1 Å². The lowest BCUT2D eigenvalue weighted by atomic mass is 9.85. The standard InChI is InChI=1S/C38H45Cl2N5O9S/c1-7-19-15-38(19,34(48)49)44-32(46)24-13-21(16-45(24)33(47)30(37(2,3)4)43-35(50)54-20-11-17-10-18(17)12-20)53-26-14-23(29-31(40)55-36(42-29)52-6)41-28-22(26)8-9-25(51-5)27(28)39/h8-9,14,17-21,24,30H,7,10-13,15-16H2,1-6H3,(H,43,50)(H,44,46)(H,48,49)/t17-,18+,19-,20?,21-,24+,30-,38-/m1/s1. The number of carbonyl (C=O) groups excluding carboxylic acids is 3. The maximum atomic E-state index is 14.6. The highest BCUT2D eigenvalue weighted by atomic mass is 35.5. The number of amides is 3. The fraction of sp³-hybridized carbons (Fsp3) is 0.579. The smallest absolute Gasteiger partial charge is 0.408 e. The summed E-state index contributed by atoms with van der Waals surface area (Å²) < 4.78 is 23.5. The molecule has 17 heteroatoms. The molecule has 4 fully saturated rings. The molecule has 296 valence electrons. The molecule has 3 amide bonds. The van der Waals surface area contributed by atoms with Gasteiger partial charge in [-0.05, 0) is 61.0 Å². The van der Waals surface area contributed by atoms with E-state index >= 15 is 0 Å². The molecule has 1 unspecified atom stereocenters. The molecule has 0 bridgehead atoms. The summed E-state index contributed by atoms with van der Waals surface area (Å²) in [6, 6.07) is 2.87. The van der Waals surface area contributed by atoms with Crippen molar-refractivity contribution in [2.24, 2.45) is 23.2 Å². The highest BCUT2D eigenvalue weighted by molar-refractivity contribution is 7.18. The fourth-order valence-electron chi connectivity index (χ4n) is 8.14. The van der Waals surface area contributed by atoms with Gasteiger partial charge in [-0.15, -0.1) is 0 Å². The molecule has 4 aliphatic rings. The summed E-state index contributed by atoms with van der Waals surface area (Å²) in [6.07, 6.45) is 2.00. The number of carboxylic acids is 1. The minimum absolute atomic E-state index is 0.0184. The quantitative estimate of drug-likeness (QED) is 0.186. The molecule has 0 spiro atoms. The van der Waals surface area contributed by atoms with Crippen molar-refractivity contribution in [3.63, 3.8) is 0 Å². The van der Waals surface area contributed by atoms with Gasteiger partial charge in [-0.1, -0.05) is 68.7 Å². The number of fused-ring (bicyclic) bond motifs is 2. The minimum Gasteiger partial charge on any atom is -0.495 e. The monoisotopic (exact) mass is 817 g/mol. The molecule has 8 atom stereocenters. The van der Waals surface area contributed by atoms with Gasteiger partial charge in [-0.3, -0.25) is 9.59 Å². The SMILES string of the molecule is CC[C@@H]1C[C@]1(NC(=O)[C@@H]1C[C@@H](Oc2cc(-c3nc(OC)sc3Cl)nc3c(Cl)c(OC)ccc23)CN1C(=O)[C@@H](NC(=O)OC1C[C@@H]2C[C@@H]2C1)C(C)(C)C)C(=O)O. The van der Waals surface area contributed by atoms with Crippen molar-refractivity contribution in [3.8, 4) is 28.1 Å². The minimum atomic E-state index is -1.42. The molecule has 0 radical (unpaired) electrons. The number of carbonyl (C=O) groups is 4. The van der Waals surface area contributed by atoms with Crippen molar-refractivity contribution >= 4 is 69.3 Å². The maximum Gasteiger partial charge on any atom is 0.408 e. The van der Waals surface area contributed by atoms with Crippen LogP contribution in [0.15, 0.2) is 18.2 Å². The Labute approximate surface area is 332 Å². The van der Waals surface area contributed by atoms with Crippen LogP contribution in [0.4, 0.5) is 4.79 Å². The van der Waals surface area contributed by atoms with Crippen LogP contribution in [0.25, 0.3) is 22.3 Å². The predicted octanol–water partition coefficient (Wildman–Crippen LogP) is 6.34. The third-order valence-corrected chi connectivity index (χ3v) is 12.9. The average Bonchev–Trinajstić information content (AvgIpc) is 3.85. The Hall–Kier alpha value is -4.08. The Balaban J connectivity index is 1.21. The number of nitrogens with zero attached hydrogens (tertiary/aromatic N) is 3. The van der Waals surface area contributed by atoms with Crippen molar-refractivity contribution in [3.05, 3.63) is 27.6 Å². The second-order valence-corrected chi connectivity index (χ2v) is 18.0. The summed E-state index contributed by atoms with van der Waals surface area (Å²) in [4.78, 5) is 65.0. The van der Waals surface area contributed by atoms with E-state index in [-0.39, 0.29) is 36.4 Å². The Morgan fingerprint density at radius 3 is 2.36 bits per heavy atom. The second-order valence-electron chi connectivity index (χ2n) is 16.0. The van der Waals surface area contributed by atoms with Crippen molar-refractivity contribution in [2.75, 3.05) is 20.8 Å². The number of hydrogen-bond acceptors (Lipinski definition) is 11. The van der Waals surface area contributed by atoms with Crippen molar-refractivity contribution in [1.82, 2.24) is 25.5 Å². The number of aliphatic carboxylic acids is 1. The van der Waals surface area contributed by atoms with E-state index < -0.39 is 53.0 Å². The molecule has 2 aromatic heterocycles. The third kappa shape index (κ3) is 7.59. The van der Waals surface area contributed by atoms with Gasteiger partial charge in [0.25, 0.3) is 5.19 Å². The number of hydrogen-bond donors (Lipinski definition) is 3.